The fraction of sp³-hybridized carbons (Fsp3) is 0.368. The van der Waals surface area contributed by atoms with E-state index in [9.17, 15) is 4.79 Å². The van der Waals surface area contributed by atoms with Gasteiger partial charge in [-0.05, 0) is 18.4 Å². The van der Waals surface area contributed by atoms with Crippen molar-refractivity contribution in [2.75, 3.05) is 13.1 Å². The van der Waals surface area contributed by atoms with E-state index < -0.39 is 0 Å². The minimum absolute atomic E-state index is 0.00854. The average Bonchev–Trinajstić information content (AvgIpc) is 3.31. The Balaban J connectivity index is 1.44. The Morgan fingerprint density at radius 2 is 2.15 bits per heavy atom. The molecule has 3 heterocycles. The SMILES string of the molecule is Cc1nc([C@@H]2CCCN(C(=O)c3cnn(Cc4ccccc4)c3)C2)no1. The maximum absolute atomic E-state index is 12.9. The lowest BCUT2D eigenvalue weighted by atomic mass is 9.97. The first-order valence-electron chi connectivity index (χ1n) is 8.85. The Labute approximate surface area is 151 Å². The third-order valence-corrected chi connectivity index (χ3v) is 4.68. The minimum atomic E-state index is 0.00854. The Morgan fingerprint density at radius 1 is 1.31 bits per heavy atom. The molecule has 1 saturated heterocycles. The van der Waals surface area contributed by atoms with Gasteiger partial charge in [-0.2, -0.15) is 10.1 Å². The number of hydrogen-bond acceptors (Lipinski definition) is 5. The zero-order valence-corrected chi connectivity index (χ0v) is 14.7. The molecule has 0 N–H and O–H groups in total. The van der Waals surface area contributed by atoms with Crippen molar-refractivity contribution in [3.8, 4) is 0 Å². The van der Waals surface area contributed by atoms with Crippen molar-refractivity contribution in [3.63, 3.8) is 0 Å². The number of carbonyl (C=O) groups is 1. The molecule has 1 aromatic carbocycles. The molecule has 1 amide bonds. The number of rotatable bonds is 4. The monoisotopic (exact) mass is 351 g/mol. The van der Waals surface area contributed by atoms with Crippen LogP contribution in [0.25, 0.3) is 0 Å². The fourth-order valence-corrected chi connectivity index (χ4v) is 3.37. The van der Waals surface area contributed by atoms with Crippen molar-refractivity contribution in [2.24, 2.45) is 0 Å². The highest BCUT2D eigenvalue weighted by Gasteiger charge is 2.28. The summed E-state index contributed by atoms with van der Waals surface area (Å²) in [6.45, 7) is 3.79. The van der Waals surface area contributed by atoms with Gasteiger partial charge < -0.3 is 9.42 Å². The van der Waals surface area contributed by atoms with E-state index >= 15 is 0 Å². The molecular weight excluding hydrogens is 330 g/mol. The van der Waals surface area contributed by atoms with Crippen molar-refractivity contribution in [2.45, 2.75) is 32.2 Å². The Morgan fingerprint density at radius 3 is 2.92 bits per heavy atom. The molecule has 0 saturated carbocycles. The van der Waals surface area contributed by atoms with Crippen molar-refractivity contribution in [1.82, 2.24) is 24.8 Å². The van der Waals surface area contributed by atoms with E-state index in [1.165, 1.54) is 0 Å². The first-order chi connectivity index (χ1) is 12.7. The smallest absolute Gasteiger partial charge is 0.257 e. The van der Waals surface area contributed by atoms with E-state index in [-0.39, 0.29) is 11.8 Å². The van der Waals surface area contributed by atoms with Gasteiger partial charge in [0.05, 0.1) is 18.3 Å². The highest BCUT2D eigenvalue weighted by Crippen LogP contribution is 2.25. The zero-order chi connectivity index (χ0) is 17.9. The minimum Gasteiger partial charge on any atom is -0.340 e. The number of likely N-dealkylation sites (tertiary alicyclic amines) is 1. The second kappa shape index (κ2) is 7.11. The summed E-state index contributed by atoms with van der Waals surface area (Å²) in [6.07, 6.45) is 5.36. The Kier molecular flexibility index (Phi) is 4.51. The van der Waals surface area contributed by atoms with Gasteiger partial charge in [0.15, 0.2) is 5.82 Å². The van der Waals surface area contributed by atoms with Crippen molar-refractivity contribution in [3.05, 3.63) is 65.6 Å². The molecule has 3 aromatic rings. The maximum Gasteiger partial charge on any atom is 0.257 e. The van der Waals surface area contributed by atoms with Crippen LogP contribution in [0.5, 0.6) is 0 Å². The number of benzene rings is 1. The molecule has 0 bridgehead atoms. The Bertz CT molecular complexity index is 886. The Hall–Kier alpha value is -2.96. The lowest BCUT2D eigenvalue weighted by Crippen LogP contribution is -2.39. The van der Waals surface area contributed by atoms with Gasteiger partial charge in [-0.1, -0.05) is 35.5 Å². The summed E-state index contributed by atoms with van der Waals surface area (Å²) in [7, 11) is 0. The number of amides is 1. The van der Waals surface area contributed by atoms with Gasteiger partial charge >= 0.3 is 0 Å². The number of aryl methyl sites for hydroxylation is 1. The maximum atomic E-state index is 12.9. The summed E-state index contributed by atoms with van der Waals surface area (Å²) in [5.41, 5.74) is 1.77. The molecule has 1 atom stereocenters. The van der Waals surface area contributed by atoms with Crippen LogP contribution in [0.4, 0.5) is 0 Å². The van der Waals surface area contributed by atoms with Crippen LogP contribution in [0, 0.1) is 6.92 Å². The fourth-order valence-electron chi connectivity index (χ4n) is 3.37. The number of carbonyl (C=O) groups excluding carboxylic acids is 1. The highest BCUT2D eigenvalue weighted by molar-refractivity contribution is 5.93. The standard InChI is InChI=1S/C19H21N5O2/c1-14-21-18(22-26-14)16-8-5-9-23(12-16)19(25)17-10-20-24(13-17)11-15-6-3-2-4-7-15/h2-4,6-7,10,13,16H,5,8-9,11-12H2,1H3/t16-/m1/s1. The van der Waals surface area contributed by atoms with Crippen LogP contribution in [-0.4, -0.2) is 43.8 Å². The van der Waals surface area contributed by atoms with Gasteiger partial charge in [0.25, 0.3) is 5.91 Å². The molecule has 2 aromatic heterocycles. The second-order valence-electron chi connectivity index (χ2n) is 6.67. The van der Waals surface area contributed by atoms with E-state index in [1.807, 2.05) is 41.4 Å². The largest absolute Gasteiger partial charge is 0.340 e. The first-order valence-corrected chi connectivity index (χ1v) is 8.85. The van der Waals surface area contributed by atoms with E-state index in [0.717, 1.165) is 24.9 Å². The van der Waals surface area contributed by atoms with Crippen molar-refractivity contribution in [1.29, 1.82) is 0 Å². The molecule has 134 valence electrons. The van der Waals surface area contributed by atoms with Crippen LogP contribution in [-0.2, 0) is 6.54 Å². The van der Waals surface area contributed by atoms with E-state index in [1.54, 1.807) is 17.8 Å². The molecule has 0 spiro atoms. The predicted octanol–water partition coefficient (Wildman–Crippen LogP) is 2.64. The summed E-state index contributed by atoms with van der Waals surface area (Å²) in [4.78, 5) is 19.0. The van der Waals surface area contributed by atoms with Crippen LogP contribution in [0.15, 0.2) is 47.2 Å². The summed E-state index contributed by atoms with van der Waals surface area (Å²) < 4.78 is 6.88. The molecule has 1 aliphatic heterocycles. The number of aromatic nitrogens is 4. The van der Waals surface area contributed by atoms with Crippen LogP contribution in [0.2, 0.25) is 0 Å². The summed E-state index contributed by atoms with van der Waals surface area (Å²) >= 11 is 0. The van der Waals surface area contributed by atoms with Crippen LogP contribution < -0.4 is 0 Å². The number of piperidine rings is 1. The van der Waals surface area contributed by atoms with Crippen molar-refractivity contribution < 1.29 is 9.32 Å². The molecule has 1 aliphatic rings. The molecule has 26 heavy (non-hydrogen) atoms. The first kappa shape index (κ1) is 16.5. The molecule has 0 radical (unpaired) electrons. The van der Waals surface area contributed by atoms with Crippen LogP contribution in [0.3, 0.4) is 0 Å². The summed E-state index contributed by atoms with van der Waals surface area (Å²) in [6, 6.07) is 10.1. The number of nitrogens with zero attached hydrogens (tertiary/aromatic N) is 5. The molecule has 4 rings (SSSR count). The zero-order valence-electron chi connectivity index (χ0n) is 14.7. The quantitative estimate of drug-likeness (QED) is 0.722. The predicted molar refractivity (Wildman–Crippen MR) is 94.7 cm³/mol. The van der Waals surface area contributed by atoms with Crippen LogP contribution in [0.1, 0.15) is 46.4 Å². The van der Waals surface area contributed by atoms with E-state index in [4.69, 9.17) is 4.52 Å². The summed E-state index contributed by atoms with van der Waals surface area (Å²) in [5, 5.41) is 8.35. The van der Waals surface area contributed by atoms with Crippen LogP contribution >= 0.6 is 0 Å². The van der Waals surface area contributed by atoms with Gasteiger partial charge in [-0.3, -0.25) is 9.48 Å². The lowest BCUT2D eigenvalue weighted by Gasteiger charge is -2.31. The van der Waals surface area contributed by atoms with Gasteiger partial charge in [-0.25, -0.2) is 0 Å². The van der Waals surface area contributed by atoms with Gasteiger partial charge in [0.2, 0.25) is 5.89 Å². The molecule has 1 fully saturated rings. The van der Waals surface area contributed by atoms with Gasteiger partial charge in [-0.15, -0.1) is 0 Å². The lowest BCUT2D eigenvalue weighted by molar-refractivity contribution is 0.0703. The third-order valence-electron chi connectivity index (χ3n) is 4.68. The highest BCUT2D eigenvalue weighted by atomic mass is 16.5. The van der Waals surface area contributed by atoms with Gasteiger partial charge in [0, 0.05) is 32.1 Å². The van der Waals surface area contributed by atoms with E-state index in [2.05, 4.69) is 15.2 Å². The van der Waals surface area contributed by atoms with Gasteiger partial charge in [0.1, 0.15) is 0 Å². The molecule has 7 heteroatoms. The molecular formula is C19H21N5O2. The third kappa shape index (κ3) is 3.51. The normalized spacial score (nSPS) is 17.4. The summed E-state index contributed by atoms with van der Waals surface area (Å²) in [5.74, 6) is 1.39. The second-order valence-corrected chi connectivity index (χ2v) is 6.67. The van der Waals surface area contributed by atoms with E-state index in [0.29, 0.717) is 30.4 Å². The van der Waals surface area contributed by atoms with Crippen molar-refractivity contribution >= 4 is 5.91 Å². The molecule has 0 unspecified atom stereocenters. The molecule has 0 aliphatic carbocycles. The topological polar surface area (TPSA) is 77.1 Å². The number of hydrogen-bond donors (Lipinski definition) is 0. The molecule has 7 nitrogen and oxygen atoms in total. The average molecular weight is 351 g/mol.